The minimum absolute atomic E-state index is 0.295. The van der Waals surface area contributed by atoms with E-state index in [-0.39, 0.29) is 10.8 Å². The van der Waals surface area contributed by atoms with Crippen LogP contribution in [0.4, 0.5) is 17.6 Å². The van der Waals surface area contributed by atoms with Gasteiger partial charge in [-0.1, -0.05) is 170 Å². The summed E-state index contributed by atoms with van der Waals surface area (Å²) in [6.45, 7) is 0. The zero-order valence-corrected chi connectivity index (χ0v) is 33.0. The molecular weight excluding hydrogens is 773 g/mol. The smallest absolute Gasteiger partial charge is 0.198 e. The summed E-state index contributed by atoms with van der Waals surface area (Å²) in [5, 5.41) is 9.23. The molecule has 0 spiro atoms. The number of benzene rings is 12. The Kier molecular flexibility index (Phi) is 8.07. The molecule has 0 amide bonds. The van der Waals surface area contributed by atoms with E-state index in [4.69, 9.17) is 0 Å². The minimum atomic E-state index is -1.84. The molecule has 0 saturated heterocycles. The van der Waals surface area contributed by atoms with Crippen molar-refractivity contribution in [2.75, 3.05) is 0 Å². The van der Waals surface area contributed by atoms with E-state index in [1.807, 2.05) is 109 Å². The number of hydrogen-bond acceptors (Lipinski definition) is 0. The van der Waals surface area contributed by atoms with Gasteiger partial charge in [-0.2, -0.15) is 0 Å². The Morgan fingerprint density at radius 1 is 0.210 bits per heavy atom. The van der Waals surface area contributed by atoms with Crippen LogP contribution >= 0.6 is 0 Å². The Hall–Kier alpha value is -7.82. The molecule has 12 aromatic carbocycles. The first kappa shape index (κ1) is 36.1. The monoisotopic (exact) mass is 804 g/mol. The van der Waals surface area contributed by atoms with E-state index in [0.717, 1.165) is 87.6 Å². The molecule has 0 fully saturated rings. The number of hydrogen-bond donors (Lipinski definition) is 0. The Morgan fingerprint density at radius 2 is 0.532 bits per heavy atom. The maximum atomic E-state index is 16.6. The van der Waals surface area contributed by atoms with Crippen molar-refractivity contribution >= 4 is 75.4 Å². The SMILES string of the molecule is Fc1c(F)c(F)c2c3cc(-c4ccc(-c5ccc6ccccc6c5)cc4)c4ccccc4c3c3c4ccccc4c(-c4ccc(-c5ccc6ccccc6c5)cc4)cc3c2c1F. The van der Waals surface area contributed by atoms with Crippen molar-refractivity contribution in [1.29, 1.82) is 0 Å². The molecule has 0 bridgehead atoms. The van der Waals surface area contributed by atoms with Crippen LogP contribution in [0.3, 0.4) is 0 Å². The third-order valence-corrected chi connectivity index (χ3v) is 12.7. The standard InChI is InChI=1S/C58H32F4/c59-55-53-49-31-47(37-23-17-35(18-24-37)41-27-21-33-9-1-3-11-39(33)29-41)43-13-5-7-15-45(43)51(49)52-46-16-8-6-14-44(46)48(32-50(52)54(53)56(60)58(62)57(55)61)38-25-19-36(20-26-38)42-28-22-34-10-2-4-12-40(34)30-42/h1-32H. The van der Waals surface area contributed by atoms with Crippen LogP contribution in [-0.4, -0.2) is 0 Å². The summed E-state index contributed by atoms with van der Waals surface area (Å²) in [4.78, 5) is 0. The summed E-state index contributed by atoms with van der Waals surface area (Å²) in [6.07, 6.45) is 0. The van der Waals surface area contributed by atoms with E-state index in [0.29, 0.717) is 21.5 Å². The molecule has 4 heteroatoms. The molecule has 62 heavy (non-hydrogen) atoms. The van der Waals surface area contributed by atoms with Crippen LogP contribution in [0.1, 0.15) is 0 Å². The highest BCUT2D eigenvalue weighted by atomic mass is 19.2. The van der Waals surface area contributed by atoms with Crippen molar-refractivity contribution in [3.05, 3.63) is 217 Å². The zero-order chi connectivity index (χ0) is 41.6. The number of fused-ring (bicyclic) bond motifs is 12. The second-order valence-corrected chi connectivity index (χ2v) is 16.1. The lowest BCUT2D eigenvalue weighted by Crippen LogP contribution is -2.01. The maximum absolute atomic E-state index is 16.6. The van der Waals surface area contributed by atoms with Crippen LogP contribution in [0, 0.1) is 23.3 Å². The van der Waals surface area contributed by atoms with Gasteiger partial charge < -0.3 is 0 Å². The second-order valence-electron chi connectivity index (χ2n) is 16.1. The fourth-order valence-electron chi connectivity index (χ4n) is 9.72. The second kappa shape index (κ2) is 13.9. The molecule has 292 valence electrons. The highest BCUT2D eigenvalue weighted by molar-refractivity contribution is 6.38. The van der Waals surface area contributed by atoms with E-state index >= 15 is 17.6 Å². The molecule has 0 aliphatic rings. The van der Waals surface area contributed by atoms with E-state index in [9.17, 15) is 0 Å². The molecule has 0 aliphatic heterocycles. The van der Waals surface area contributed by atoms with Gasteiger partial charge in [0.05, 0.1) is 0 Å². The molecule has 0 nitrogen and oxygen atoms in total. The van der Waals surface area contributed by atoms with Crippen LogP contribution in [-0.2, 0) is 0 Å². The fraction of sp³-hybridized carbons (Fsp3) is 0. The minimum Gasteiger partial charge on any atom is -0.203 e. The van der Waals surface area contributed by atoms with Gasteiger partial charge in [0, 0.05) is 10.8 Å². The van der Waals surface area contributed by atoms with Gasteiger partial charge in [-0.15, -0.1) is 0 Å². The third kappa shape index (κ3) is 5.46. The molecule has 0 heterocycles. The third-order valence-electron chi connectivity index (χ3n) is 12.7. The summed E-state index contributed by atoms with van der Waals surface area (Å²) in [6, 6.07) is 64.8. The molecule has 0 atom stereocenters. The Bertz CT molecular complexity index is 3580. The van der Waals surface area contributed by atoms with Gasteiger partial charge in [0.1, 0.15) is 0 Å². The van der Waals surface area contributed by atoms with Gasteiger partial charge in [0.25, 0.3) is 0 Å². The van der Waals surface area contributed by atoms with E-state index in [1.54, 1.807) is 0 Å². The molecular formula is C58H32F4. The maximum Gasteiger partial charge on any atom is 0.198 e. The summed E-state index contributed by atoms with van der Waals surface area (Å²) in [5.74, 6) is -6.52. The largest absolute Gasteiger partial charge is 0.203 e. The topological polar surface area (TPSA) is 0 Å². The predicted molar refractivity (Wildman–Crippen MR) is 251 cm³/mol. The van der Waals surface area contributed by atoms with Crippen molar-refractivity contribution in [1.82, 2.24) is 0 Å². The Morgan fingerprint density at radius 3 is 0.935 bits per heavy atom. The molecule has 0 radical (unpaired) electrons. The Balaban J connectivity index is 1.11. The molecule has 0 saturated carbocycles. The first-order valence-electron chi connectivity index (χ1n) is 20.6. The van der Waals surface area contributed by atoms with Crippen LogP contribution < -0.4 is 0 Å². The van der Waals surface area contributed by atoms with Crippen molar-refractivity contribution in [3.8, 4) is 44.5 Å². The van der Waals surface area contributed by atoms with Crippen molar-refractivity contribution in [3.63, 3.8) is 0 Å². The van der Waals surface area contributed by atoms with Crippen molar-refractivity contribution < 1.29 is 17.6 Å². The predicted octanol–water partition coefficient (Wildman–Crippen LogP) is 17.0. The number of rotatable bonds is 4. The lowest BCUT2D eigenvalue weighted by atomic mass is 9.83. The molecule has 12 aromatic rings. The summed E-state index contributed by atoms with van der Waals surface area (Å²) >= 11 is 0. The van der Waals surface area contributed by atoms with Gasteiger partial charge in [0.2, 0.25) is 0 Å². The molecule has 0 N–H and O–H groups in total. The molecule has 0 aromatic heterocycles. The molecule has 0 aliphatic carbocycles. The van der Waals surface area contributed by atoms with Gasteiger partial charge in [-0.3, -0.25) is 0 Å². The van der Waals surface area contributed by atoms with Crippen LogP contribution in [0.25, 0.3) is 120 Å². The lowest BCUT2D eigenvalue weighted by Gasteiger charge is -2.20. The fourth-order valence-corrected chi connectivity index (χ4v) is 9.72. The zero-order valence-electron chi connectivity index (χ0n) is 33.0. The van der Waals surface area contributed by atoms with Crippen LogP contribution in [0.2, 0.25) is 0 Å². The molecule has 12 rings (SSSR count). The summed E-state index contributed by atoms with van der Waals surface area (Å²) in [5.41, 5.74) is 7.39. The summed E-state index contributed by atoms with van der Waals surface area (Å²) in [7, 11) is 0. The van der Waals surface area contributed by atoms with Crippen molar-refractivity contribution in [2.45, 2.75) is 0 Å². The van der Waals surface area contributed by atoms with E-state index in [1.165, 1.54) is 0 Å². The van der Waals surface area contributed by atoms with Gasteiger partial charge in [-0.05, 0) is 133 Å². The highest BCUT2D eigenvalue weighted by Gasteiger charge is 2.27. The number of halogens is 4. The highest BCUT2D eigenvalue weighted by Crippen LogP contribution is 2.49. The first-order valence-corrected chi connectivity index (χ1v) is 20.6. The lowest BCUT2D eigenvalue weighted by molar-refractivity contribution is 0.418. The average molecular weight is 805 g/mol. The van der Waals surface area contributed by atoms with Gasteiger partial charge >= 0.3 is 0 Å². The quantitative estimate of drug-likeness (QED) is 0.0719. The van der Waals surface area contributed by atoms with Crippen LogP contribution in [0.5, 0.6) is 0 Å². The van der Waals surface area contributed by atoms with Crippen molar-refractivity contribution in [2.24, 2.45) is 0 Å². The Labute approximate surface area is 353 Å². The van der Waals surface area contributed by atoms with E-state index < -0.39 is 23.3 Å². The normalized spacial score (nSPS) is 11.9. The van der Waals surface area contributed by atoms with Crippen LogP contribution in [0.15, 0.2) is 194 Å². The average Bonchev–Trinajstić information content (AvgIpc) is 3.33. The van der Waals surface area contributed by atoms with Gasteiger partial charge in [0.15, 0.2) is 23.3 Å². The first-order chi connectivity index (χ1) is 30.4. The summed E-state index contributed by atoms with van der Waals surface area (Å²) < 4.78 is 64.4. The molecule has 0 unspecified atom stereocenters. The van der Waals surface area contributed by atoms with E-state index in [2.05, 4.69) is 84.9 Å². The van der Waals surface area contributed by atoms with Gasteiger partial charge in [-0.25, -0.2) is 17.6 Å².